The van der Waals surface area contributed by atoms with Gasteiger partial charge in [0.25, 0.3) is 0 Å². The molecule has 14 aromatic carbocycles. The molecule has 0 atom stereocenters. The zero-order valence-corrected chi connectivity index (χ0v) is 56.8. The molecule has 0 N–H and O–H groups in total. The number of para-hydroxylation sites is 3. The van der Waals surface area contributed by atoms with Crippen molar-refractivity contribution in [2.75, 3.05) is 0 Å². The fraction of sp³-hybridized carbons (Fsp3) is 0.0309. The van der Waals surface area contributed by atoms with Gasteiger partial charge in [-0.2, -0.15) is 0 Å². The third-order valence-corrected chi connectivity index (χ3v) is 21.6. The van der Waals surface area contributed by atoms with Crippen LogP contribution in [0.15, 0.2) is 365 Å². The fourth-order valence-corrected chi connectivity index (χ4v) is 16.7. The molecule has 21 rings (SSSR count). The van der Waals surface area contributed by atoms with Gasteiger partial charge in [0.1, 0.15) is 0 Å². The lowest BCUT2D eigenvalue weighted by atomic mass is 9.82. The predicted molar refractivity (Wildman–Crippen MR) is 431 cm³/mol. The molecule has 0 fully saturated rings. The average molecular weight is 1320 g/mol. The Bertz CT molecular complexity index is 6680. The summed E-state index contributed by atoms with van der Waals surface area (Å²) in [5.41, 5.74) is 31.3. The number of aromatic nitrogens is 6. The summed E-state index contributed by atoms with van der Waals surface area (Å²) in [5.74, 6) is 0. The second kappa shape index (κ2) is 23.9. The molecule has 6 aromatic heterocycles. The maximum atomic E-state index is 4.62. The number of hydrogen-bond donors (Lipinski definition) is 0. The van der Waals surface area contributed by atoms with Crippen LogP contribution in [0.1, 0.15) is 25.0 Å². The van der Waals surface area contributed by atoms with Crippen LogP contribution in [-0.2, 0) is 5.41 Å². The highest BCUT2D eigenvalue weighted by Crippen LogP contribution is 2.50. The van der Waals surface area contributed by atoms with E-state index in [4.69, 9.17) is 0 Å². The van der Waals surface area contributed by atoms with Crippen LogP contribution < -0.4 is 0 Å². The van der Waals surface area contributed by atoms with Crippen LogP contribution in [0.4, 0.5) is 0 Å². The van der Waals surface area contributed by atoms with Crippen molar-refractivity contribution in [3.63, 3.8) is 0 Å². The lowest BCUT2D eigenvalue weighted by Crippen LogP contribution is -2.15. The molecule has 6 heteroatoms. The first kappa shape index (κ1) is 59.6. The van der Waals surface area contributed by atoms with Crippen LogP contribution in [0.2, 0.25) is 0 Å². The number of pyridine rings is 2. The minimum atomic E-state index is -0.0611. The molecule has 0 saturated carbocycles. The quantitative estimate of drug-likeness (QED) is 0.145. The molecule has 1 aliphatic carbocycles. The SMILES string of the molecule is CC1(C)c2ccccc2-c2ccc(-n3c4ccc(-c5ccc6c(c5)c5ccccc5n6-c5ccccc5)cc4c4ccncc43)cc21.c1ccc(-c2ccc(-n3c4ccccc4c4cc(-c5ccc6c(c5)c5ccncc5n6-c5cc(-c6ccccc6)cc(-c6ccccc6)c5)ccc43)cc2)cc1. The van der Waals surface area contributed by atoms with E-state index < -0.39 is 0 Å². The standard InChI is InChI=1S/C53H35N3.C44H31N3/c1-4-12-36(13-5-1)39-20-24-44(25-21-39)55-50-19-11-10-18-46(50)48-33-40(22-26-51(48)55)41-23-27-52-49(34-41)47-28-29-54-35-53(47)56(52)45-31-42(37-14-6-2-7-15-37)30-43(32-45)38-16-8-3-9-17-38;1-44(2)38-14-8-6-12-32(38)33-19-18-31(26-39(33)44)47-42-21-17-29(25-37(42)35-22-23-45-27-43(35)47)28-16-20-41-36(24-28)34-13-7-9-15-40(34)46(41)30-10-4-3-5-11-30/h1-35H;3-27H,1-2H3. The molecule has 0 spiro atoms. The van der Waals surface area contributed by atoms with Crippen LogP contribution in [-0.4, -0.2) is 28.2 Å². The zero-order valence-electron chi connectivity index (χ0n) is 56.8. The van der Waals surface area contributed by atoms with E-state index in [9.17, 15) is 0 Å². The Labute approximate surface area is 596 Å². The normalized spacial score (nSPS) is 12.4. The minimum absolute atomic E-state index is 0.0611. The highest BCUT2D eigenvalue weighted by Gasteiger charge is 2.36. The van der Waals surface area contributed by atoms with Crippen molar-refractivity contribution in [2.45, 2.75) is 19.3 Å². The number of fused-ring (bicyclic) bond motifs is 15. The number of hydrogen-bond acceptors (Lipinski definition) is 2. The molecule has 0 radical (unpaired) electrons. The second-order valence-electron chi connectivity index (χ2n) is 27.7. The molecule has 6 heterocycles. The van der Waals surface area contributed by atoms with Crippen molar-refractivity contribution in [3.8, 4) is 89.5 Å². The van der Waals surface area contributed by atoms with E-state index in [0.717, 1.165) is 27.9 Å². The zero-order chi connectivity index (χ0) is 68.3. The number of rotatable bonds is 9. The van der Waals surface area contributed by atoms with Gasteiger partial charge in [0, 0.05) is 83.6 Å². The van der Waals surface area contributed by atoms with Crippen molar-refractivity contribution >= 4 is 87.2 Å². The van der Waals surface area contributed by atoms with Crippen molar-refractivity contribution in [2.24, 2.45) is 0 Å². The van der Waals surface area contributed by atoms with E-state index in [1.54, 1.807) is 0 Å². The second-order valence-corrected chi connectivity index (χ2v) is 27.7. The molecular weight excluding hydrogens is 1250 g/mol. The summed E-state index contributed by atoms with van der Waals surface area (Å²) in [6.07, 6.45) is 7.82. The average Bonchev–Trinajstić information content (AvgIpc) is 1.56. The Morgan fingerprint density at radius 2 is 0.544 bits per heavy atom. The highest BCUT2D eigenvalue weighted by molar-refractivity contribution is 6.15. The molecule has 0 unspecified atom stereocenters. The molecule has 6 nitrogen and oxygen atoms in total. The van der Waals surface area contributed by atoms with Crippen LogP contribution in [0.3, 0.4) is 0 Å². The van der Waals surface area contributed by atoms with Crippen LogP contribution in [0, 0.1) is 0 Å². The van der Waals surface area contributed by atoms with Crippen molar-refractivity contribution in [3.05, 3.63) is 376 Å². The van der Waals surface area contributed by atoms with Crippen molar-refractivity contribution < 1.29 is 0 Å². The molecule has 484 valence electrons. The molecule has 1 aliphatic rings. The summed E-state index contributed by atoms with van der Waals surface area (Å²) in [6, 6.07) is 124. The van der Waals surface area contributed by atoms with Gasteiger partial charge in [0.15, 0.2) is 0 Å². The van der Waals surface area contributed by atoms with Crippen LogP contribution in [0.25, 0.3) is 177 Å². The third-order valence-electron chi connectivity index (χ3n) is 21.6. The van der Waals surface area contributed by atoms with Gasteiger partial charge in [0.2, 0.25) is 0 Å². The maximum Gasteiger partial charge on any atom is 0.0724 e. The van der Waals surface area contributed by atoms with Gasteiger partial charge < -0.3 is 18.3 Å². The van der Waals surface area contributed by atoms with E-state index in [-0.39, 0.29) is 5.41 Å². The first-order chi connectivity index (χ1) is 50.8. The lowest BCUT2D eigenvalue weighted by Gasteiger charge is -2.22. The summed E-state index contributed by atoms with van der Waals surface area (Å²) >= 11 is 0. The Morgan fingerprint density at radius 3 is 1.03 bits per heavy atom. The topological polar surface area (TPSA) is 45.5 Å². The lowest BCUT2D eigenvalue weighted by molar-refractivity contribution is 0.660. The van der Waals surface area contributed by atoms with Gasteiger partial charge in [-0.25, -0.2) is 0 Å². The molecule has 0 saturated heterocycles. The van der Waals surface area contributed by atoms with E-state index >= 15 is 0 Å². The Kier molecular flexibility index (Phi) is 13.8. The van der Waals surface area contributed by atoms with Gasteiger partial charge in [-0.3, -0.25) is 9.97 Å². The Balaban J connectivity index is 0.000000140. The predicted octanol–water partition coefficient (Wildman–Crippen LogP) is 25.2. The van der Waals surface area contributed by atoms with Gasteiger partial charge >= 0.3 is 0 Å². The fourth-order valence-electron chi connectivity index (χ4n) is 16.7. The first-order valence-corrected chi connectivity index (χ1v) is 35.4. The molecule has 103 heavy (non-hydrogen) atoms. The van der Waals surface area contributed by atoms with E-state index in [2.05, 4.69) is 382 Å². The smallest absolute Gasteiger partial charge is 0.0724 e. The van der Waals surface area contributed by atoms with Crippen LogP contribution >= 0.6 is 0 Å². The summed E-state index contributed by atoms with van der Waals surface area (Å²) < 4.78 is 9.52. The number of nitrogens with zero attached hydrogens (tertiary/aromatic N) is 6. The van der Waals surface area contributed by atoms with Crippen LogP contribution in [0.5, 0.6) is 0 Å². The molecule has 0 bridgehead atoms. The molecule has 20 aromatic rings. The summed E-state index contributed by atoms with van der Waals surface area (Å²) in [6.45, 7) is 4.68. The first-order valence-electron chi connectivity index (χ1n) is 35.4. The molecular formula is C97H66N6. The van der Waals surface area contributed by atoms with E-state index in [0.29, 0.717) is 0 Å². The largest absolute Gasteiger partial charge is 0.309 e. The summed E-state index contributed by atoms with van der Waals surface area (Å²) in [7, 11) is 0. The van der Waals surface area contributed by atoms with Gasteiger partial charge in [0.05, 0.1) is 56.5 Å². The highest BCUT2D eigenvalue weighted by atomic mass is 15.0. The minimum Gasteiger partial charge on any atom is -0.309 e. The summed E-state index contributed by atoms with van der Waals surface area (Å²) in [5, 5.41) is 9.83. The van der Waals surface area contributed by atoms with E-state index in [1.165, 1.54) is 160 Å². The van der Waals surface area contributed by atoms with Crippen molar-refractivity contribution in [1.29, 1.82) is 0 Å². The Morgan fingerprint density at radius 1 is 0.204 bits per heavy atom. The van der Waals surface area contributed by atoms with Crippen molar-refractivity contribution in [1.82, 2.24) is 28.2 Å². The number of benzene rings is 14. The third kappa shape index (κ3) is 9.78. The van der Waals surface area contributed by atoms with Gasteiger partial charge in [-0.05, 0) is 205 Å². The monoisotopic (exact) mass is 1310 g/mol. The van der Waals surface area contributed by atoms with E-state index in [1.807, 2.05) is 24.8 Å². The maximum absolute atomic E-state index is 4.62. The molecule has 0 aliphatic heterocycles. The van der Waals surface area contributed by atoms with Gasteiger partial charge in [-0.15, -0.1) is 0 Å². The van der Waals surface area contributed by atoms with Gasteiger partial charge in [-0.1, -0.05) is 226 Å². The molecule has 0 amide bonds. The Hall–Kier alpha value is -13.4. The summed E-state index contributed by atoms with van der Waals surface area (Å²) in [4.78, 5) is 9.20.